The standard InChI is InChI=1S/C19H20FN3O4S/c1-2-27-18(26)15-11-28-19(21-15)22-16(24)13-4-3-9-23(10-13)17(25)12-5-7-14(20)8-6-12/h5-8,11,13H,2-4,9-10H2,1H3,(H,21,22,24). The van der Waals surface area contributed by atoms with Crippen molar-refractivity contribution in [1.29, 1.82) is 0 Å². The number of aromatic nitrogens is 1. The maximum Gasteiger partial charge on any atom is 0.357 e. The lowest BCUT2D eigenvalue weighted by atomic mass is 9.96. The number of hydrogen-bond donors (Lipinski definition) is 1. The van der Waals surface area contributed by atoms with Crippen molar-refractivity contribution < 1.29 is 23.5 Å². The molecule has 1 aliphatic heterocycles. The number of likely N-dealkylation sites (tertiary alicyclic amines) is 1. The van der Waals surface area contributed by atoms with E-state index < -0.39 is 11.8 Å². The molecular weight excluding hydrogens is 385 g/mol. The van der Waals surface area contributed by atoms with E-state index in [0.29, 0.717) is 30.1 Å². The Morgan fingerprint density at radius 3 is 2.79 bits per heavy atom. The first-order valence-corrected chi connectivity index (χ1v) is 9.84. The monoisotopic (exact) mass is 405 g/mol. The third kappa shape index (κ3) is 4.72. The molecule has 9 heteroatoms. The lowest BCUT2D eigenvalue weighted by molar-refractivity contribution is -0.121. The normalized spacial score (nSPS) is 16.5. The van der Waals surface area contributed by atoms with Crippen LogP contribution in [0.5, 0.6) is 0 Å². The summed E-state index contributed by atoms with van der Waals surface area (Å²) in [6.45, 7) is 2.77. The Hall–Kier alpha value is -2.81. The van der Waals surface area contributed by atoms with Crippen LogP contribution in [0.25, 0.3) is 0 Å². The lowest BCUT2D eigenvalue weighted by Crippen LogP contribution is -2.43. The van der Waals surface area contributed by atoms with Gasteiger partial charge in [-0.3, -0.25) is 9.59 Å². The average Bonchev–Trinajstić information content (AvgIpc) is 3.17. The second-order valence-corrected chi connectivity index (χ2v) is 7.20. The van der Waals surface area contributed by atoms with Gasteiger partial charge in [0, 0.05) is 24.0 Å². The maximum atomic E-state index is 13.1. The van der Waals surface area contributed by atoms with E-state index >= 15 is 0 Å². The highest BCUT2D eigenvalue weighted by Crippen LogP contribution is 2.22. The largest absolute Gasteiger partial charge is 0.461 e. The van der Waals surface area contributed by atoms with Crippen molar-refractivity contribution in [3.8, 4) is 0 Å². The number of halogens is 1. The van der Waals surface area contributed by atoms with Gasteiger partial charge in [0.05, 0.1) is 12.5 Å². The van der Waals surface area contributed by atoms with Gasteiger partial charge in [0.2, 0.25) is 5.91 Å². The van der Waals surface area contributed by atoms with Crippen LogP contribution < -0.4 is 5.32 Å². The van der Waals surface area contributed by atoms with E-state index in [1.165, 1.54) is 29.6 Å². The fourth-order valence-corrected chi connectivity index (χ4v) is 3.67. The second-order valence-electron chi connectivity index (χ2n) is 6.34. The third-order valence-corrected chi connectivity index (χ3v) is 5.15. The predicted octanol–water partition coefficient (Wildman–Crippen LogP) is 2.95. The summed E-state index contributed by atoms with van der Waals surface area (Å²) in [6.07, 6.45) is 1.34. The highest BCUT2D eigenvalue weighted by atomic mass is 32.1. The molecule has 1 aromatic carbocycles. The molecule has 1 saturated heterocycles. The van der Waals surface area contributed by atoms with Crippen LogP contribution in [-0.2, 0) is 9.53 Å². The molecule has 1 aliphatic rings. The summed E-state index contributed by atoms with van der Waals surface area (Å²) in [5, 5.41) is 4.55. The summed E-state index contributed by atoms with van der Waals surface area (Å²) < 4.78 is 17.9. The van der Waals surface area contributed by atoms with Crippen molar-refractivity contribution in [2.24, 2.45) is 5.92 Å². The number of hydrogen-bond acceptors (Lipinski definition) is 6. The highest BCUT2D eigenvalue weighted by molar-refractivity contribution is 7.14. The minimum Gasteiger partial charge on any atom is -0.461 e. The van der Waals surface area contributed by atoms with E-state index in [4.69, 9.17) is 4.74 Å². The van der Waals surface area contributed by atoms with Crippen LogP contribution >= 0.6 is 11.3 Å². The van der Waals surface area contributed by atoms with E-state index in [0.717, 1.165) is 11.3 Å². The molecule has 0 aliphatic carbocycles. The average molecular weight is 405 g/mol. The van der Waals surface area contributed by atoms with Crippen molar-refractivity contribution in [2.75, 3.05) is 25.0 Å². The zero-order chi connectivity index (χ0) is 20.1. The molecule has 148 valence electrons. The van der Waals surface area contributed by atoms with Gasteiger partial charge in [0.1, 0.15) is 5.82 Å². The fraction of sp³-hybridized carbons (Fsp3) is 0.368. The van der Waals surface area contributed by atoms with E-state index in [1.54, 1.807) is 11.8 Å². The molecule has 2 heterocycles. The number of anilines is 1. The van der Waals surface area contributed by atoms with Crippen molar-refractivity contribution in [2.45, 2.75) is 19.8 Å². The zero-order valence-corrected chi connectivity index (χ0v) is 16.1. The number of nitrogens with one attached hydrogen (secondary N) is 1. The number of amides is 2. The van der Waals surface area contributed by atoms with Gasteiger partial charge in [-0.2, -0.15) is 0 Å². The smallest absolute Gasteiger partial charge is 0.357 e. The zero-order valence-electron chi connectivity index (χ0n) is 15.3. The van der Waals surface area contributed by atoms with E-state index in [2.05, 4.69) is 10.3 Å². The van der Waals surface area contributed by atoms with Gasteiger partial charge in [0.25, 0.3) is 5.91 Å². The van der Waals surface area contributed by atoms with Crippen molar-refractivity contribution >= 4 is 34.3 Å². The van der Waals surface area contributed by atoms with Crippen LogP contribution in [0.4, 0.5) is 9.52 Å². The summed E-state index contributed by atoms with van der Waals surface area (Å²) >= 11 is 1.14. The summed E-state index contributed by atoms with van der Waals surface area (Å²) in [5.41, 5.74) is 0.542. The molecule has 2 aromatic rings. The van der Waals surface area contributed by atoms with Crippen molar-refractivity contribution in [3.05, 3.63) is 46.7 Å². The molecule has 28 heavy (non-hydrogen) atoms. The van der Waals surface area contributed by atoms with Crippen LogP contribution in [0.2, 0.25) is 0 Å². The summed E-state index contributed by atoms with van der Waals surface area (Å²) in [4.78, 5) is 42.5. The first kappa shape index (κ1) is 19.9. The molecule has 0 saturated carbocycles. The van der Waals surface area contributed by atoms with Gasteiger partial charge in [-0.25, -0.2) is 14.2 Å². The Balaban J connectivity index is 1.60. The topological polar surface area (TPSA) is 88.6 Å². The molecule has 1 unspecified atom stereocenters. The van der Waals surface area contributed by atoms with Crippen molar-refractivity contribution in [1.82, 2.24) is 9.88 Å². The summed E-state index contributed by atoms with van der Waals surface area (Å²) in [5.74, 6) is -1.79. The molecule has 7 nitrogen and oxygen atoms in total. The number of nitrogens with zero attached hydrogens (tertiary/aromatic N) is 2. The van der Waals surface area contributed by atoms with Gasteiger partial charge < -0.3 is 15.0 Å². The molecule has 1 N–H and O–H groups in total. The number of ether oxygens (including phenoxy) is 1. The molecule has 1 aromatic heterocycles. The minimum absolute atomic E-state index is 0.152. The molecule has 0 bridgehead atoms. The maximum absolute atomic E-state index is 13.1. The molecule has 0 radical (unpaired) electrons. The van der Waals surface area contributed by atoms with Crippen molar-refractivity contribution in [3.63, 3.8) is 0 Å². The third-order valence-electron chi connectivity index (χ3n) is 4.39. The summed E-state index contributed by atoms with van der Waals surface area (Å²) in [6, 6.07) is 5.36. The van der Waals surface area contributed by atoms with Crippen LogP contribution in [0.1, 0.15) is 40.6 Å². The van der Waals surface area contributed by atoms with Crippen LogP contribution in [0.3, 0.4) is 0 Å². The van der Waals surface area contributed by atoms with Crippen LogP contribution in [0, 0.1) is 11.7 Å². The van der Waals surface area contributed by atoms with Crippen LogP contribution in [0.15, 0.2) is 29.6 Å². The molecule has 3 rings (SSSR count). The van der Waals surface area contributed by atoms with Crippen LogP contribution in [-0.4, -0.2) is 47.4 Å². The number of esters is 1. The molecular formula is C19H20FN3O4S. The number of thiazole rings is 1. The van der Waals surface area contributed by atoms with Gasteiger partial charge in [-0.1, -0.05) is 0 Å². The molecule has 2 amide bonds. The van der Waals surface area contributed by atoms with E-state index in [-0.39, 0.29) is 36.6 Å². The molecule has 1 fully saturated rings. The predicted molar refractivity (Wildman–Crippen MR) is 102 cm³/mol. The Morgan fingerprint density at radius 1 is 1.32 bits per heavy atom. The number of piperidine rings is 1. The van der Waals surface area contributed by atoms with Gasteiger partial charge in [-0.05, 0) is 44.0 Å². The van der Waals surface area contributed by atoms with E-state index in [1.807, 2.05) is 0 Å². The van der Waals surface area contributed by atoms with Gasteiger partial charge >= 0.3 is 5.97 Å². The lowest BCUT2D eigenvalue weighted by Gasteiger charge is -2.32. The van der Waals surface area contributed by atoms with E-state index in [9.17, 15) is 18.8 Å². The Labute approximate surface area is 165 Å². The fourth-order valence-electron chi connectivity index (χ4n) is 2.99. The Kier molecular flexibility index (Phi) is 6.35. The second kappa shape index (κ2) is 8.92. The van der Waals surface area contributed by atoms with Gasteiger partial charge in [0.15, 0.2) is 10.8 Å². The first-order chi connectivity index (χ1) is 13.5. The number of benzene rings is 1. The number of carbonyl (C=O) groups excluding carboxylic acids is 3. The highest BCUT2D eigenvalue weighted by Gasteiger charge is 2.29. The quantitative estimate of drug-likeness (QED) is 0.773. The SMILES string of the molecule is CCOC(=O)c1csc(NC(=O)C2CCCN(C(=O)c3ccc(F)cc3)C2)n1. The summed E-state index contributed by atoms with van der Waals surface area (Å²) in [7, 11) is 0. The Bertz CT molecular complexity index is 868. The first-order valence-electron chi connectivity index (χ1n) is 8.96. The minimum atomic E-state index is -0.534. The van der Waals surface area contributed by atoms with Gasteiger partial charge in [-0.15, -0.1) is 11.3 Å². The molecule has 0 spiro atoms. The molecule has 1 atom stereocenters. The Morgan fingerprint density at radius 2 is 2.07 bits per heavy atom. The number of rotatable bonds is 5. The number of carbonyl (C=O) groups is 3.